The molecule has 1 N–H and O–H groups in total. The molecule has 0 atom stereocenters. The van der Waals surface area contributed by atoms with Gasteiger partial charge < -0.3 is 9.84 Å². The van der Waals surface area contributed by atoms with Gasteiger partial charge in [0.2, 0.25) is 0 Å². The quantitative estimate of drug-likeness (QED) is 0.589. The second kappa shape index (κ2) is 4.14. The third kappa shape index (κ3) is 2.63. The molecule has 1 aromatic carbocycles. The molecular weight excluding hydrogens is 192 g/mol. The van der Waals surface area contributed by atoms with Crippen molar-refractivity contribution in [2.24, 2.45) is 0 Å². The lowest BCUT2D eigenvalue weighted by Gasteiger charge is -2.04. The zero-order valence-electron chi connectivity index (χ0n) is 7.08. The Labute approximate surface area is 80.9 Å². The molecule has 0 saturated heterocycles. The minimum absolute atomic E-state index is 0.0169. The van der Waals surface area contributed by atoms with Gasteiger partial charge in [0.15, 0.2) is 5.75 Å². The number of carbonyl (C=O) groups is 1. The van der Waals surface area contributed by atoms with Crippen molar-refractivity contribution < 1.29 is 14.6 Å². The molecule has 3 nitrogen and oxygen atoms in total. The number of hydrogen-bond donors (Lipinski definition) is 1. The Hall–Kier alpha value is -1.22. The number of phenolic OH excluding ortho intramolecular Hbond substituents is 1. The SMILES string of the molecule is CCC(=O)Oc1cc(O)ccc1Cl. The zero-order chi connectivity index (χ0) is 9.84. The van der Waals surface area contributed by atoms with Crippen molar-refractivity contribution in [3.63, 3.8) is 0 Å². The van der Waals surface area contributed by atoms with Crippen LogP contribution in [0.3, 0.4) is 0 Å². The zero-order valence-corrected chi connectivity index (χ0v) is 7.84. The maximum absolute atomic E-state index is 10.9. The number of esters is 1. The van der Waals surface area contributed by atoms with Crippen LogP contribution in [0.5, 0.6) is 11.5 Å². The molecule has 1 rings (SSSR count). The van der Waals surface area contributed by atoms with Gasteiger partial charge in [0.1, 0.15) is 5.75 Å². The monoisotopic (exact) mass is 200 g/mol. The third-order valence-corrected chi connectivity index (χ3v) is 1.74. The molecule has 0 bridgehead atoms. The molecule has 0 unspecified atom stereocenters. The lowest BCUT2D eigenvalue weighted by atomic mass is 10.3. The van der Waals surface area contributed by atoms with Crippen LogP contribution in [-0.2, 0) is 4.79 Å². The van der Waals surface area contributed by atoms with Gasteiger partial charge in [0.25, 0.3) is 0 Å². The summed E-state index contributed by atoms with van der Waals surface area (Å²) in [5.41, 5.74) is 0. The first kappa shape index (κ1) is 9.86. The van der Waals surface area contributed by atoms with Gasteiger partial charge in [0, 0.05) is 12.5 Å². The molecule has 4 heteroatoms. The Morgan fingerprint density at radius 3 is 2.92 bits per heavy atom. The number of hydrogen-bond acceptors (Lipinski definition) is 3. The highest BCUT2D eigenvalue weighted by Gasteiger charge is 2.06. The van der Waals surface area contributed by atoms with Crippen molar-refractivity contribution in [1.29, 1.82) is 0 Å². The van der Waals surface area contributed by atoms with Crippen molar-refractivity contribution in [3.8, 4) is 11.5 Å². The molecule has 0 aromatic heterocycles. The van der Waals surface area contributed by atoms with Crippen LogP contribution in [0, 0.1) is 0 Å². The molecule has 1 aromatic rings. The van der Waals surface area contributed by atoms with Crippen LogP contribution in [0.1, 0.15) is 13.3 Å². The molecule has 0 aliphatic heterocycles. The highest BCUT2D eigenvalue weighted by molar-refractivity contribution is 6.32. The van der Waals surface area contributed by atoms with Crippen LogP contribution in [0.15, 0.2) is 18.2 Å². The fourth-order valence-electron chi connectivity index (χ4n) is 0.765. The standard InChI is InChI=1S/C9H9ClO3/c1-2-9(12)13-8-5-6(11)3-4-7(8)10/h3-5,11H,2H2,1H3. The van der Waals surface area contributed by atoms with Crippen LogP contribution < -0.4 is 4.74 Å². The summed E-state index contributed by atoms with van der Waals surface area (Å²) in [7, 11) is 0. The molecule has 0 saturated carbocycles. The van der Waals surface area contributed by atoms with Gasteiger partial charge in [-0.25, -0.2) is 0 Å². The number of benzene rings is 1. The molecule has 13 heavy (non-hydrogen) atoms. The van der Waals surface area contributed by atoms with E-state index in [-0.39, 0.29) is 23.9 Å². The van der Waals surface area contributed by atoms with Crippen LogP contribution in [-0.4, -0.2) is 11.1 Å². The minimum atomic E-state index is -0.382. The first-order valence-electron chi connectivity index (χ1n) is 3.82. The van der Waals surface area contributed by atoms with Crippen LogP contribution >= 0.6 is 11.6 Å². The lowest BCUT2D eigenvalue weighted by Crippen LogP contribution is -2.05. The van der Waals surface area contributed by atoms with Crippen LogP contribution in [0.2, 0.25) is 5.02 Å². The smallest absolute Gasteiger partial charge is 0.310 e. The Bertz CT molecular complexity index is 323. The average molecular weight is 201 g/mol. The number of halogens is 1. The maximum atomic E-state index is 10.9. The molecule has 0 aliphatic carbocycles. The van der Waals surface area contributed by atoms with Crippen LogP contribution in [0.25, 0.3) is 0 Å². The van der Waals surface area contributed by atoms with Crippen molar-refractivity contribution in [2.45, 2.75) is 13.3 Å². The summed E-state index contributed by atoms with van der Waals surface area (Å²) in [6.45, 7) is 1.68. The number of aromatic hydroxyl groups is 1. The maximum Gasteiger partial charge on any atom is 0.310 e. The van der Waals surface area contributed by atoms with E-state index in [1.54, 1.807) is 6.92 Å². The topological polar surface area (TPSA) is 46.5 Å². The normalized spacial score (nSPS) is 9.69. The average Bonchev–Trinajstić information content (AvgIpc) is 2.11. The number of rotatable bonds is 2. The molecule has 0 aliphatic rings. The summed E-state index contributed by atoms with van der Waals surface area (Å²) in [5.74, 6) is -0.177. The summed E-state index contributed by atoms with van der Waals surface area (Å²) in [6.07, 6.45) is 0.270. The minimum Gasteiger partial charge on any atom is -0.508 e. The van der Waals surface area contributed by atoms with Gasteiger partial charge in [-0.05, 0) is 12.1 Å². The van der Waals surface area contributed by atoms with E-state index in [9.17, 15) is 4.79 Å². The number of phenols is 1. The van der Waals surface area contributed by atoms with Gasteiger partial charge in [-0.1, -0.05) is 18.5 Å². The fraction of sp³-hybridized carbons (Fsp3) is 0.222. The first-order valence-corrected chi connectivity index (χ1v) is 4.20. The number of ether oxygens (including phenoxy) is 1. The summed E-state index contributed by atoms with van der Waals surface area (Å²) in [5, 5.41) is 9.38. The Kier molecular flexibility index (Phi) is 3.14. The van der Waals surface area contributed by atoms with Crippen molar-refractivity contribution >= 4 is 17.6 Å². The third-order valence-electron chi connectivity index (χ3n) is 1.43. The van der Waals surface area contributed by atoms with E-state index in [0.29, 0.717) is 5.02 Å². The molecule has 0 spiro atoms. The summed E-state index contributed by atoms with van der Waals surface area (Å²) in [4.78, 5) is 10.9. The van der Waals surface area contributed by atoms with Crippen molar-refractivity contribution in [2.75, 3.05) is 0 Å². The second-order valence-corrected chi connectivity index (χ2v) is 2.85. The second-order valence-electron chi connectivity index (χ2n) is 2.44. The van der Waals surface area contributed by atoms with E-state index in [1.165, 1.54) is 18.2 Å². The van der Waals surface area contributed by atoms with E-state index >= 15 is 0 Å². The Morgan fingerprint density at radius 1 is 1.62 bits per heavy atom. The lowest BCUT2D eigenvalue weighted by molar-refractivity contribution is -0.134. The van der Waals surface area contributed by atoms with Gasteiger partial charge in [-0.3, -0.25) is 4.79 Å². The Morgan fingerprint density at radius 2 is 2.31 bits per heavy atom. The fourth-order valence-corrected chi connectivity index (χ4v) is 0.921. The molecular formula is C9H9ClO3. The van der Waals surface area contributed by atoms with Gasteiger partial charge in [0.05, 0.1) is 5.02 Å². The predicted molar refractivity (Wildman–Crippen MR) is 49.0 cm³/mol. The molecule has 70 valence electrons. The van der Waals surface area contributed by atoms with Crippen LogP contribution in [0.4, 0.5) is 0 Å². The largest absolute Gasteiger partial charge is 0.508 e. The summed E-state index contributed by atoms with van der Waals surface area (Å²) >= 11 is 5.71. The highest BCUT2D eigenvalue weighted by Crippen LogP contribution is 2.28. The number of carbonyl (C=O) groups excluding carboxylic acids is 1. The predicted octanol–water partition coefficient (Wildman–Crippen LogP) is 2.36. The highest BCUT2D eigenvalue weighted by atomic mass is 35.5. The molecule has 0 heterocycles. The molecule has 0 fully saturated rings. The summed E-state index contributed by atoms with van der Waals surface area (Å²) in [6, 6.07) is 4.19. The van der Waals surface area contributed by atoms with E-state index in [4.69, 9.17) is 21.4 Å². The molecule has 0 radical (unpaired) electrons. The first-order chi connectivity index (χ1) is 6.13. The van der Waals surface area contributed by atoms with Gasteiger partial charge in [-0.15, -0.1) is 0 Å². The van der Waals surface area contributed by atoms with Crippen molar-refractivity contribution in [3.05, 3.63) is 23.2 Å². The Balaban J connectivity index is 2.87. The summed E-state index contributed by atoms with van der Waals surface area (Å²) < 4.78 is 4.84. The van der Waals surface area contributed by atoms with Gasteiger partial charge >= 0.3 is 5.97 Å². The van der Waals surface area contributed by atoms with E-state index < -0.39 is 0 Å². The van der Waals surface area contributed by atoms with E-state index in [1.807, 2.05) is 0 Å². The van der Waals surface area contributed by atoms with Gasteiger partial charge in [-0.2, -0.15) is 0 Å². The van der Waals surface area contributed by atoms with Crippen molar-refractivity contribution in [1.82, 2.24) is 0 Å². The molecule has 0 amide bonds. The van der Waals surface area contributed by atoms with E-state index in [2.05, 4.69) is 0 Å². The van der Waals surface area contributed by atoms with E-state index in [0.717, 1.165) is 0 Å².